The summed E-state index contributed by atoms with van der Waals surface area (Å²) in [6, 6.07) is 9.28. The maximum atomic E-state index is 12.9. The third kappa shape index (κ3) is 6.85. The summed E-state index contributed by atoms with van der Waals surface area (Å²) in [7, 11) is 2.64. The molecule has 2 amide bonds. The lowest BCUT2D eigenvalue weighted by atomic mass is 10.1. The summed E-state index contributed by atoms with van der Waals surface area (Å²) in [5, 5.41) is 1.82. The number of ether oxygens (including phenoxy) is 1. The lowest BCUT2D eigenvalue weighted by Gasteiger charge is -2.16. The largest absolute Gasteiger partial charge is 0.465 e. The molecule has 31 heavy (non-hydrogen) atoms. The standard InChI is InChI=1S/C21H18ClF3N2O4/c1-27(19(29)10-5-13-3-6-14(7-4-13)20(30)31-2)12-18(28)26-15-8-9-17(22)16(11-15)21(23,24)25/h3-11H,12H2,1-2H3,(H,26,28)/b10-5+. The molecule has 164 valence electrons. The number of amides is 2. The van der Waals surface area contributed by atoms with Gasteiger partial charge in [-0.1, -0.05) is 23.7 Å². The Labute approximate surface area is 181 Å². The van der Waals surface area contributed by atoms with Crippen molar-refractivity contribution in [2.75, 3.05) is 26.0 Å². The van der Waals surface area contributed by atoms with Crippen LogP contribution in [-0.4, -0.2) is 43.4 Å². The van der Waals surface area contributed by atoms with Gasteiger partial charge < -0.3 is 15.0 Å². The summed E-state index contributed by atoms with van der Waals surface area (Å²) in [6.45, 7) is -0.381. The number of likely N-dealkylation sites (N-methyl/N-ethyl adjacent to an activating group) is 1. The first-order valence-corrected chi connectivity index (χ1v) is 9.17. The molecular weight excluding hydrogens is 437 g/mol. The van der Waals surface area contributed by atoms with E-state index in [0.717, 1.165) is 17.0 Å². The number of benzene rings is 2. The van der Waals surface area contributed by atoms with Gasteiger partial charge in [0.1, 0.15) is 0 Å². The summed E-state index contributed by atoms with van der Waals surface area (Å²) < 4.78 is 43.3. The smallest absolute Gasteiger partial charge is 0.417 e. The van der Waals surface area contributed by atoms with E-state index in [1.807, 2.05) is 0 Å². The molecule has 0 saturated heterocycles. The van der Waals surface area contributed by atoms with Crippen LogP contribution in [0.25, 0.3) is 6.08 Å². The van der Waals surface area contributed by atoms with Gasteiger partial charge in [-0.2, -0.15) is 13.2 Å². The molecular formula is C21H18ClF3N2O4. The Morgan fingerprint density at radius 1 is 1.13 bits per heavy atom. The minimum Gasteiger partial charge on any atom is -0.465 e. The van der Waals surface area contributed by atoms with Crippen LogP contribution in [0.3, 0.4) is 0 Å². The van der Waals surface area contributed by atoms with Crippen LogP contribution in [0.5, 0.6) is 0 Å². The van der Waals surface area contributed by atoms with Gasteiger partial charge in [0.15, 0.2) is 0 Å². The van der Waals surface area contributed by atoms with E-state index in [2.05, 4.69) is 10.1 Å². The van der Waals surface area contributed by atoms with Crippen LogP contribution < -0.4 is 5.32 Å². The zero-order valence-electron chi connectivity index (χ0n) is 16.5. The first kappa shape index (κ1) is 23.9. The van der Waals surface area contributed by atoms with Gasteiger partial charge in [0.2, 0.25) is 11.8 Å². The molecule has 0 fully saturated rings. The Kier molecular flexibility index (Phi) is 7.82. The normalized spacial score (nSPS) is 11.3. The number of methoxy groups -OCH3 is 1. The molecule has 0 saturated carbocycles. The van der Waals surface area contributed by atoms with Crippen LogP contribution in [0.2, 0.25) is 5.02 Å². The fraction of sp³-hybridized carbons (Fsp3) is 0.190. The molecule has 0 unspecified atom stereocenters. The third-order valence-corrected chi connectivity index (χ3v) is 4.39. The highest BCUT2D eigenvalue weighted by Crippen LogP contribution is 2.36. The molecule has 6 nitrogen and oxygen atoms in total. The molecule has 0 aliphatic rings. The van der Waals surface area contributed by atoms with Gasteiger partial charge in [-0.25, -0.2) is 4.79 Å². The Balaban J connectivity index is 1.96. The van der Waals surface area contributed by atoms with Gasteiger partial charge in [-0.05, 0) is 42.0 Å². The highest BCUT2D eigenvalue weighted by atomic mass is 35.5. The number of esters is 1. The molecule has 2 aromatic carbocycles. The van der Waals surface area contributed by atoms with Crippen molar-refractivity contribution in [2.45, 2.75) is 6.18 Å². The first-order valence-electron chi connectivity index (χ1n) is 8.79. The van der Waals surface area contributed by atoms with Gasteiger partial charge in [-0.3, -0.25) is 9.59 Å². The highest BCUT2D eigenvalue weighted by molar-refractivity contribution is 6.31. The van der Waals surface area contributed by atoms with Crippen LogP contribution >= 0.6 is 11.6 Å². The molecule has 0 atom stereocenters. The number of nitrogens with zero attached hydrogens (tertiary/aromatic N) is 1. The van der Waals surface area contributed by atoms with Crippen molar-refractivity contribution in [3.8, 4) is 0 Å². The molecule has 0 heterocycles. The maximum absolute atomic E-state index is 12.9. The molecule has 1 N–H and O–H groups in total. The predicted molar refractivity (Wildman–Crippen MR) is 110 cm³/mol. The van der Waals surface area contributed by atoms with E-state index in [9.17, 15) is 27.6 Å². The third-order valence-electron chi connectivity index (χ3n) is 4.06. The maximum Gasteiger partial charge on any atom is 0.417 e. The summed E-state index contributed by atoms with van der Waals surface area (Å²) >= 11 is 5.54. The van der Waals surface area contributed by atoms with Gasteiger partial charge in [0.05, 0.1) is 29.8 Å². The van der Waals surface area contributed by atoms with Crippen LogP contribution in [0.4, 0.5) is 18.9 Å². The van der Waals surface area contributed by atoms with Gasteiger partial charge in [0.25, 0.3) is 0 Å². The molecule has 0 bridgehead atoms. The molecule has 2 rings (SSSR count). The Morgan fingerprint density at radius 3 is 2.35 bits per heavy atom. The number of carbonyl (C=O) groups excluding carboxylic acids is 3. The Bertz CT molecular complexity index is 1000. The summed E-state index contributed by atoms with van der Waals surface area (Å²) in [5.41, 5.74) is -0.170. The molecule has 0 aliphatic carbocycles. The highest BCUT2D eigenvalue weighted by Gasteiger charge is 2.33. The molecule has 0 aliphatic heterocycles. The minimum absolute atomic E-state index is 0.0937. The monoisotopic (exact) mass is 454 g/mol. The van der Waals surface area contributed by atoms with E-state index in [0.29, 0.717) is 11.1 Å². The zero-order chi connectivity index (χ0) is 23.2. The number of anilines is 1. The number of rotatable bonds is 6. The van der Waals surface area contributed by atoms with E-state index < -0.39 is 34.5 Å². The van der Waals surface area contributed by atoms with Crippen LogP contribution in [0.1, 0.15) is 21.5 Å². The Hall–Kier alpha value is -3.33. The number of halogens is 4. The summed E-state index contributed by atoms with van der Waals surface area (Å²) in [5.74, 6) is -1.66. The second-order valence-corrected chi connectivity index (χ2v) is 6.79. The fourth-order valence-electron chi connectivity index (χ4n) is 2.46. The molecule has 0 spiro atoms. The van der Waals surface area contributed by atoms with Gasteiger partial charge in [0, 0.05) is 18.8 Å². The summed E-state index contributed by atoms with van der Waals surface area (Å²) in [4.78, 5) is 36.8. The van der Waals surface area contributed by atoms with Crippen LogP contribution in [0, 0.1) is 0 Å². The topological polar surface area (TPSA) is 75.7 Å². The molecule has 0 radical (unpaired) electrons. The predicted octanol–water partition coefficient (Wildman–Crippen LogP) is 4.26. The van der Waals surface area contributed by atoms with Crippen molar-refractivity contribution in [1.29, 1.82) is 0 Å². The van der Waals surface area contributed by atoms with E-state index in [4.69, 9.17) is 11.6 Å². The Morgan fingerprint density at radius 2 is 1.77 bits per heavy atom. The summed E-state index contributed by atoms with van der Waals surface area (Å²) in [6.07, 6.45) is -1.94. The second kappa shape index (κ2) is 10.1. The van der Waals surface area contributed by atoms with Crippen molar-refractivity contribution in [2.24, 2.45) is 0 Å². The van der Waals surface area contributed by atoms with E-state index in [1.54, 1.807) is 12.1 Å². The second-order valence-electron chi connectivity index (χ2n) is 6.38. The number of carbonyl (C=O) groups is 3. The number of hydrogen-bond donors (Lipinski definition) is 1. The minimum atomic E-state index is -4.66. The van der Waals surface area contributed by atoms with Gasteiger partial charge in [-0.15, -0.1) is 0 Å². The fourth-order valence-corrected chi connectivity index (χ4v) is 2.68. The average molecular weight is 455 g/mol. The van der Waals surface area contributed by atoms with Gasteiger partial charge >= 0.3 is 12.1 Å². The van der Waals surface area contributed by atoms with Crippen molar-refractivity contribution < 1.29 is 32.3 Å². The van der Waals surface area contributed by atoms with Crippen molar-refractivity contribution in [3.63, 3.8) is 0 Å². The number of alkyl halides is 3. The van der Waals surface area contributed by atoms with Crippen LogP contribution in [0.15, 0.2) is 48.5 Å². The van der Waals surface area contributed by atoms with E-state index >= 15 is 0 Å². The lowest BCUT2D eigenvalue weighted by Crippen LogP contribution is -2.33. The first-order chi connectivity index (χ1) is 14.5. The average Bonchev–Trinajstić information content (AvgIpc) is 2.72. The molecule has 2 aromatic rings. The zero-order valence-corrected chi connectivity index (χ0v) is 17.3. The molecule has 0 aromatic heterocycles. The van der Waals surface area contributed by atoms with Crippen molar-refractivity contribution >= 4 is 41.1 Å². The molecule has 10 heteroatoms. The van der Waals surface area contributed by atoms with Crippen molar-refractivity contribution in [3.05, 3.63) is 70.3 Å². The number of nitrogens with one attached hydrogen (secondary N) is 1. The number of hydrogen-bond acceptors (Lipinski definition) is 4. The quantitative estimate of drug-likeness (QED) is 0.523. The van der Waals surface area contributed by atoms with Crippen LogP contribution in [-0.2, 0) is 20.5 Å². The van der Waals surface area contributed by atoms with E-state index in [-0.39, 0.29) is 12.2 Å². The SMILES string of the molecule is COC(=O)c1ccc(/C=C/C(=O)N(C)CC(=O)Nc2ccc(Cl)c(C(F)(F)F)c2)cc1. The van der Waals surface area contributed by atoms with E-state index in [1.165, 1.54) is 44.5 Å². The lowest BCUT2D eigenvalue weighted by molar-refractivity contribution is -0.137. The van der Waals surface area contributed by atoms with Crippen molar-refractivity contribution in [1.82, 2.24) is 4.90 Å².